The van der Waals surface area contributed by atoms with Gasteiger partial charge in [0.25, 0.3) is 0 Å². The SMILES string of the molecule is CCC1CCC(C(Cc2ccc(Cl)s2)NN)CC1. The van der Waals surface area contributed by atoms with Crippen LogP contribution in [0.2, 0.25) is 4.34 Å². The molecule has 0 saturated heterocycles. The van der Waals surface area contributed by atoms with Crippen molar-refractivity contribution in [1.82, 2.24) is 5.43 Å². The molecule has 1 aromatic rings. The summed E-state index contributed by atoms with van der Waals surface area (Å²) >= 11 is 7.65. The first-order valence-electron chi connectivity index (χ1n) is 6.93. The molecule has 1 aliphatic rings. The van der Waals surface area contributed by atoms with Crippen LogP contribution in [-0.2, 0) is 6.42 Å². The molecule has 1 heterocycles. The van der Waals surface area contributed by atoms with E-state index in [1.807, 2.05) is 6.07 Å². The smallest absolute Gasteiger partial charge is 0.0931 e. The van der Waals surface area contributed by atoms with E-state index in [4.69, 9.17) is 17.4 Å². The number of nitrogens with two attached hydrogens (primary N) is 1. The molecule has 3 N–H and O–H groups in total. The summed E-state index contributed by atoms with van der Waals surface area (Å²) in [5.41, 5.74) is 3.03. The Kier molecular flexibility index (Phi) is 5.49. The van der Waals surface area contributed by atoms with E-state index in [2.05, 4.69) is 18.4 Å². The van der Waals surface area contributed by atoms with E-state index >= 15 is 0 Å². The number of nitrogens with one attached hydrogen (secondary N) is 1. The molecule has 102 valence electrons. The first-order valence-corrected chi connectivity index (χ1v) is 8.12. The van der Waals surface area contributed by atoms with Crippen molar-refractivity contribution in [1.29, 1.82) is 0 Å². The lowest BCUT2D eigenvalue weighted by molar-refractivity contribution is 0.217. The molecule has 2 nitrogen and oxygen atoms in total. The number of thiophene rings is 1. The minimum absolute atomic E-state index is 0.400. The van der Waals surface area contributed by atoms with Gasteiger partial charge in [0.2, 0.25) is 0 Å². The molecule has 18 heavy (non-hydrogen) atoms. The Bertz CT molecular complexity index is 358. The normalized spacial score (nSPS) is 26.2. The van der Waals surface area contributed by atoms with E-state index in [0.29, 0.717) is 6.04 Å². The summed E-state index contributed by atoms with van der Waals surface area (Å²) in [7, 11) is 0. The van der Waals surface area contributed by atoms with Crippen LogP contribution in [0, 0.1) is 11.8 Å². The third-order valence-corrected chi connectivity index (χ3v) is 5.56. The van der Waals surface area contributed by atoms with Crippen LogP contribution >= 0.6 is 22.9 Å². The zero-order valence-electron chi connectivity index (χ0n) is 11.0. The van der Waals surface area contributed by atoms with E-state index in [1.165, 1.54) is 37.0 Å². The second kappa shape index (κ2) is 6.90. The largest absolute Gasteiger partial charge is 0.271 e. The van der Waals surface area contributed by atoms with Crippen LogP contribution in [0.3, 0.4) is 0 Å². The van der Waals surface area contributed by atoms with Gasteiger partial charge in [0.05, 0.1) is 4.34 Å². The monoisotopic (exact) mass is 286 g/mol. The van der Waals surface area contributed by atoms with Gasteiger partial charge in [-0.3, -0.25) is 11.3 Å². The van der Waals surface area contributed by atoms with Gasteiger partial charge in [0.15, 0.2) is 0 Å². The Morgan fingerprint density at radius 1 is 1.39 bits per heavy atom. The molecule has 1 aliphatic carbocycles. The third kappa shape index (κ3) is 3.70. The highest BCUT2D eigenvalue weighted by molar-refractivity contribution is 7.16. The maximum atomic E-state index is 5.98. The highest BCUT2D eigenvalue weighted by atomic mass is 35.5. The molecule has 4 heteroatoms. The van der Waals surface area contributed by atoms with Crippen molar-refractivity contribution >= 4 is 22.9 Å². The molecule has 1 saturated carbocycles. The standard InChI is InChI=1S/C14H23ClN2S/c1-2-10-3-5-11(6-4-10)13(17-16)9-12-7-8-14(15)18-12/h7-8,10-11,13,17H,2-6,9,16H2,1H3. The first-order chi connectivity index (χ1) is 8.72. The topological polar surface area (TPSA) is 38.0 Å². The van der Waals surface area contributed by atoms with Crippen LogP contribution in [0.5, 0.6) is 0 Å². The summed E-state index contributed by atoms with van der Waals surface area (Å²) in [5.74, 6) is 7.41. The highest BCUT2D eigenvalue weighted by Gasteiger charge is 2.26. The van der Waals surface area contributed by atoms with E-state index in [9.17, 15) is 0 Å². The van der Waals surface area contributed by atoms with E-state index in [0.717, 1.165) is 22.6 Å². The third-order valence-electron chi connectivity index (χ3n) is 4.30. The Balaban J connectivity index is 1.89. The van der Waals surface area contributed by atoms with Crippen molar-refractivity contribution in [3.05, 3.63) is 21.3 Å². The molecule has 0 aliphatic heterocycles. The minimum atomic E-state index is 0.400. The van der Waals surface area contributed by atoms with Crippen molar-refractivity contribution < 1.29 is 0 Å². The molecule has 1 unspecified atom stereocenters. The Morgan fingerprint density at radius 3 is 2.61 bits per heavy atom. The summed E-state index contributed by atoms with van der Waals surface area (Å²) < 4.78 is 0.871. The number of rotatable bonds is 5. The fourth-order valence-corrected chi connectivity index (χ4v) is 4.18. The van der Waals surface area contributed by atoms with Gasteiger partial charge in [0, 0.05) is 10.9 Å². The zero-order chi connectivity index (χ0) is 13.0. The lowest BCUT2D eigenvalue weighted by atomic mass is 9.77. The molecule has 1 aromatic heterocycles. The quantitative estimate of drug-likeness (QED) is 0.634. The predicted molar refractivity (Wildman–Crippen MR) is 79.9 cm³/mol. The summed E-state index contributed by atoms with van der Waals surface area (Å²) in [6.07, 6.45) is 7.69. The molecule has 0 aromatic carbocycles. The fraction of sp³-hybridized carbons (Fsp3) is 0.714. The first kappa shape index (κ1) is 14.3. The minimum Gasteiger partial charge on any atom is -0.271 e. The van der Waals surface area contributed by atoms with Crippen LogP contribution in [-0.4, -0.2) is 6.04 Å². The van der Waals surface area contributed by atoms with Crippen LogP contribution in [0.1, 0.15) is 43.9 Å². The number of halogens is 1. The van der Waals surface area contributed by atoms with Crippen LogP contribution in [0.25, 0.3) is 0 Å². The Labute approximate surface area is 119 Å². The van der Waals surface area contributed by atoms with Crippen LogP contribution < -0.4 is 11.3 Å². The van der Waals surface area contributed by atoms with E-state index < -0.39 is 0 Å². The number of hydrogen-bond donors (Lipinski definition) is 2. The fourth-order valence-electron chi connectivity index (χ4n) is 3.04. The summed E-state index contributed by atoms with van der Waals surface area (Å²) in [4.78, 5) is 1.33. The van der Waals surface area contributed by atoms with E-state index in [-0.39, 0.29) is 0 Å². The average molecular weight is 287 g/mol. The molecule has 0 amide bonds. The molecule has 1 atom stereocenters. The van der Waals surface area contributed by atoms with Gasteiger partial charge in [-0.25, -0.2) is 0 Å². The summed E-state index contributed by atoms with van der Waals surface area (Å²) in [6, 6.07) is 4.50. The number of hydrazine groups is 1. The van der Waals surface area contributed by atoms with Crippen molar-refractivity contribution in [2.24, 2.45) is 17.7 Å². The van der Waals surface area contributed by atoms with E-state index in [1.54, 1.807) is 11.3 Å². The zero-order valence-corrected chi connectivity index (χ0v) is 12.6. The highest BCUT2D eigenvalue weighted by Crippen LogP contribution is 2.34. The van der Waals surface area contributed by atoms with Crippen molar-refractivity contribution in [2.45, 2.75) is 51.5 Å². The second-order valence-corrected chi connectivity index (χ2v) is 7.17. The Morgan fingerprint density at radius 2 is 2.11 bits per heavy atom. The van der Waals surface area contributed by atoms with Gasteiger partial charge in [-0.05, 0) is 43.2 Å². The van der Waals surface area contributed by atoms with Crippen molar-refractivity contribution in [3.8, 4) is 0 Å². The lowest BCUT2D eigenvalue weighted by Gasteiger charge is -2.33. The molecular weight excluding hydrogens is 264 g/mol. The molecule has 0 spiro atoms. The van der Waals surface area contributed by atoms with Gasteiger partial charge in [0.1, 0.15) is 0 Å². The van der Waals surface area contributed by atoms with Crippen LogP contribution in [0.4, 0.5) is 0 Å². The van der Waals surface area contributed by atoms with Crippen molar-refractivity contribution in [3.63, 3.8) is 0 Å². The second-order valence-electron chi connectivity index (χ2n) is 5.37. The molecule has 0 bridgehead atoms. The summed E-state index contributed by atoms with van der Waals surface area (Å²) in [6.45, 7) is 2.30. The van der Waals surface area contributed by atoms with Gasteiger partial charge in [-0.2, -0.15) is 0 Å². The van der Waals surface area contributed by atoms with Crippen LogP contribution in [0.15, 0.2) is 12.1 Å². The van der Waals surface area contributed by atoms with Gasteiger partial charge < -0.3 is 0 Å². The van der Waals surface area contributed by atoms with Gasteiger partial charge >= 0.3 is 0 Å². The van der Waals surface area contributed by atoms with Gasteiger partial charge in [-0.1, -0.05) is 37.8 Å². The molecule has 1 fully saturated rings. The lowest BCUT2D eigenvalue weighted by Crippen LogP contribution is -2.43. The van der Waals surface area contributed by atoms with Crippen molar-refractivity contribution in [2.75, 3.05) is 0 Å². The Hall–Kier alpha value is -0.0900. The maximum absolute atomic E-state index is 5.98. The average Bonchev–Trinajstić information content (AvgIpc) is 2.82. The van der Waals surface area contributed by atoms with Gasteiger partial charge in [-0.15, -0.1) is 11.3 Å². The molecular formula is C14H23ClN2S. The maximum Gasteiger partial charge on any atom is 0.0931 e. The summed E-state index contributed by atoms with van der Waals surface area (Å²) in [5, 5.41) is 0. The number of hydrogen-bond acceptors (Lipinski definition) is 3. The molecule has 2 rings (SSSR count). The predicted octanol–water partition coefficient (Wildman–Crippen LogP) is 3.99. The molecule has 0 radical (unpaired) electrons.